The molecule has 0 aliphatic heterocycles. The molecule has 1 aromatic carbocycles. The maximum atomic E-state index is 11.3. The van der Waals surface area contributed by atoms with Gasteiger partial charge in [0.1, 0.15) is 18.5 Å². The van der Waals surface area contributed by atoms with Gasteiger partial charge in [0.05, 0.1) is 0 Å². The first-order valence-electron chi connectivity index (χ1n) is 6.22. The van der Waals surface area contributed by atoms with E-state index in [0.717, 1.165) is 17.7 Å². The third kappa shape index (κ3) is 5.00. The number of carbonyl (C=O) groups excluding carboxylic acids is 1. The highest BCUT2D eigenvalue weighted by atomic mass is 16.6. The minimum atomic E-state index is -0.393. The standard InChI is InChI=1S/C16H20O3/c1-5-8-14-9-6-7-10-15(14)18-11-13(4)19-16(17)12(2)3/h5-7,9-10,13H,1-2,8,11H2,3-4H3. The smallest absolute Gasteiger partial charge is 0.333 e. The molecule has 0 spiro atoms. The van der Waals surface area contributed by atoms with Gasteiger partial charge in [-0.15, -0.1) is 6.58 Å². The predicted molar refractivity (Wildman–Crippen MR) is 76.2 cm³/mol. The van der Waals surface area contributed by atoms with Crippen LogP contribution in [-0.2, 0) is 16.0 Å². The average Bonchev–Trinajstić information content (AvgIpc) is 2.38. The third-order valence-corrected chi connectivity index (χ3v) is 2.47. The Morgan fingerprint density at radius 3 is 2.74 bits per heavy atom. The van der Waals surface area contributed by atoms with Crippen molar-refractivity contribution in [2.24, 2.45) is 0 Å². The van der Waals surface area contributed by atoms with Crippen LogP contribution in [0.1, 0.15) is 19.4 Å². The van der Waals surface area contributed by atoms with E-state index in [2.05, 4.69) is 13.2 Å². The van der Waals surface area contributed by atoms with Gasteiger partial charge in [0.25, 0.3) is 0 Å². The topological polar surface area (TPSA) is 35.5 Å². The van der Waals surface area contributed by atoms with Crippen molar-refractivity contribution in [3.05, 3.63) is 54.6 Å². The molecule has 1 unspecified atom stereocenters. The van der Waals surface area contributed by atoms with Gasteiger partial charge in [0.15, 0.2) is 0 Å². The van der Waals surface area contributed by atoms with Gasteiger partial charge in [-0.2, -0.15) is 0 Å². The molecule has 0 N–H and O–H groups in total. The van der Waals surface area contributed by atoms with Crippen LogP contribution < -0.4 is 4.74 Å². The molecule has 0 fully saturated rings. The van der Waals surface area contributed by atoms with Gasteiger partial charge < -0.3 is 9.47 Å². The Kier molecular flexibility index (Phi) is 5.86. The minimum Gasteiger partial charge on any atom is -0.489 e. The Labute approximate surface area is 114 Å². The first-order chi connectivity index (χ1) is 9.04. The Hall–Kier alpha value is -2.03. The summed E-state index contributed by atoms with van der Waals surface area (Å²) in [6.45, 7) is 11.0. The number of hydrogen-bond donors (Lipinski definition) is 0. The van der Waals surface area contributed by atoms with Gasteiger partial charge in [0.2, 0.25) is 0 Å². The SMILES string of the molecule is C=CCc1ccccc1OCC(C)OC(=O)C(=C)C. The summed E-state index contributed by atoms with van der Waals surface area (Å²) < 4.78 is 10.8. The second-order valence-corrected chi connectivity index (χ2v) is 4.41. The van der Waals surface area contributed by atoms with E-state index in [0.29, 0.717) is 12.2 Å². The minimum absolute atomic E-state index is 0.313. The van der Waals surface area contributed by atoms with Crippen LogP contribution in [0.2, 0.25) is 0 Å². The number of para-hydroxylation sites is 1. The maximum Gasteiger partial charge on any atom is 0.333 e. The lowest BCUT2D eigenvalue weighted by Crippen LogP contribution is -2.22. The van der Waals surface area contributed by atoms with E-state index < -0.39 is 5.97 Å². The zero-order valence-electron chi connectivity index (χ0n) is 11.5. The van der Waals surface area contributed by atoms with Crippen LogP contribution in [0.15, 0.2) is 49.1 Å². The van der Waals surface area contributed by atoms with Crippen LogP contribution >= 0.6 is 0 Å². The number of allylic oxidation sites excluding steroid dienone is 1. The number of ether oxygens (including phenoxy) is 2. The average molecular weight is 260 g/mol. The van der Waals surface area contributed by atoms with Gasteiger partial charge in [-0.05, 0) is 31.9 Å². The van der Waals surface area contributed by atoms with E-state index in [-0.39, 0.29) is 6.10 Å². The van der Waals surface area contributed by atoms with Crippen molar-refractivity contribution in [1.29, 1.82) is 0 Å². The van der Waals surface area contributed by atoms with Crippen LogP contribution in [0.5, 0.6) is 5.75 Å². The summed E-state index contributed by atoms with van der Waals surface area (Å²) in [6, 6.07) is 7.75. The van der Waals surface area contributed by atoms with E-state index in [4.69, 9.17) is 9.47 Å². The summed E-state index contributed by atoms with van der Waals surface area (Å²) in [6.07, 6.45) is 2.25. The van der Waals surface area contributed by atoms with Crippen LogP contribution in [0.3, 0.4) is 0 Å². The molecule has 0 aromatic heterocycles. The van der Waals surface area contributed by atoms with Crippen molar-refractivity contribution in [3.8, 4) is 5.75 Å². The lowest BCUT2D eigenvalue weighted by Gasteiger charge is -2.16. The third-order valence-electron chi connectivity index (χ3n) is 2.47. The Morgan fingerprint density at radius 2 is 2.11 bits per heavy atom. The highest BCUT2D eigenvalue weighted by Gasteiger charge is 2.11. The first-order valence-corrected chi connectivity index (χ1v) is 6.22. The van der Waals surface area contributed by atoms with E-state index in [1.807, 2.05) is 30.3 Å². The fourth-order valence-corrected chi connectivity index (χ4v) is 1.49. The second kappa shape index (κ2) is 7.41. The van der Waals surface area contributed by atoms with Crippen molar-refractivity contribution in [2.75, 3.05) is 6.61 Å². The molecule has 0 aliphatic rings. The largest absolute Gasteiger partial charge is 0.489 e. The van der Waals surface area contributed by atoms with E-state index in [1.165, 1.54) is 0 Å². The quantitative estimate of drug-likeness (QED) is 0.428. The fraction of sp³-hybridized carbons (Fsp3) is 0.312. The molecule has 1 aromatic rings. The van der Waals surface area contributed by atoms with Gasteiger partial charge in [-0.25, -0.2) is 4.79 Å². The highest BCUT2D eigenvalue weighted by molar-refractivity contribution is 5.87. The lowest BCUT2D eigenvalue weighted by atomic mass is 10.1. The molecule has 102 valence electrons. The van der Waals surface area contributed by atoms with E-state index in [1.54, 1.807) is 13.8 Å². The summed E-state index contributed by atoms with van der Waals surface area (Å²) >= 11 is 0. The Bertz CT molecular complexity index is 463. The second-order valence-electron chi connectivity index (χ2n) is 4.41. The summed E-state index contributed by atoms with van der Waals surface area (Å²) in [7, 11) is 0. The monoisotopic (exact) mass is 260 g/mol. The predicted octanol–water partition coefficient (Wildman–Crippen LogP) is 3.30. The van der Waals surface area contributed by atoms with Gasteiger partial charge in [-0.1, -0.05) is 30.9 Å². The van der Waals surface area contributed by atoms with Crippen molar-refractivity contribution in [1.82, 2.24) is 0 Å². The van der Waals surface area contributed by atoms with Crippen LogP contribution in [0, 0.1) is 0 Å². The number of esters is 1. The van der Waals surface area contributed by atoms with Crippen molar-refractivity contribution >= 4 is 5.97 Å². The van der Waals surface area contributed by atoms with Crippen LogP contribution in [0.4, 0.5) is 0 Å². The van der Waals surface area contributed by atoms with E-state index >= 15 is 0 Å². The molecule has 0 heterocycles. The molecule has 1 atom stereocenters. The molecular weight excluding hydrogens is 240 g/mol. The molecule has 3 nitrogen and oxygen atoms in total. The maximum absolute atomic E-state index is 11.3. The molecule has 0 saturated heterocycles. The molecular formula is C16H20O3. The number of hydrogen-bond acceptors (Lipinski definition) is 3. The lowest BCUT2D eigenvalue weighted by molar-refractivity contribution is -0.144. The van der Waals surface area contributed by atoms with Gasteiger partial charge >= 0.3 is 5.97 Å². The number of carbonyl (C=O) groups is 1. The Balaban J connectivity index is 2.54. The summed E-state index contributed by atoms with van der Waals surface area (Å²) in [5.74, 6) is 0.399. The summed E-state index contributed by atoms with van der Waals surface area (Å²) in [4.78, 5) is 11.3. The van der Waals surface area contributed by atoms with Crippen LogP contribution in [0.25, 0.3) is 0 Å². The van der Waals surface area contributed by atoms with E-state index in [9.17, 15) is 4.79 Å². The summed E-state index contributed by atoms with van der Waals surface area (Å²) in [5, 5.41) is 0. The molecule has 0 radical (unpaired) electrons. The van der Waals surface area contributed by atoms with Crippen molar-refractivity contribution < 1.29 is 14.3 Å². The summed E-state index contributed by atoms with van der Waals surface area (Å²) in [5.41, 5.74) is 1.45. The van der Waals surface area contributed by atoms with Gasteiger partial charge in [-0.3, -0.25) is 0 Å². The molecule has 0 saturated carbocycles. The molecule has 3 heteroatoms. The molecule has 0 aliphatic carbocycles. The fourth-order valence-electron chi connectivity index (χ4n) is 1.49. The molecule has 1 rings (SSSR count). The molecule has 19 heavy (non-hydrogen) atoms. The number of benzene rings is 1. The van der Waals surface area contributed by atoms with Crippen molar-refractivity contribution in [2.45, 2.75) is 26.4 Å². The first kappa shape index (κ1) is 15.0. The molecule has 0 amide bonds. The number of rotatable bonds is 7. The van der Waals surface area contributed by atoms with Gasteiger partial charge in [0, 0.05) is 5.57 Å². The zero-order chi connectivity index (χ0) is 14.3. The molecule has 0 bridgehead atoms. The van der Waals surface area contributed by atoms with Crippen molar-refractivity contribution in [3.63, 3.8) is 0 Å². The van der Waals surface area contributed by atoms with Crippen LogP contribution in [-0.4, -0.2) is 18.7 Å². The normalized spacial score (nSPS) is 11.5. The zero-order valence-corrected chi connectivity index (χ0v) is 11.5. The Morgan fingerprint density at radius 1 is 1.42 bits per heavy atom. The highest BCUT2D eigenvalue weighted by Crippen LogP contribution is 2.19.